The molecule has 0 saturated carbocycles. The number of ether oxygens (including phenoxy) is 1. The molecule has 6 heteroatoms. The minimum absolute atomic E-state index is 0.0692. The van der Waals surface area contributed by atoms with E-state index in [9.17, 15) is 9.59 Å². The number of H-pyrrole nitrogens is 1. The van der Waals surface area contributed by atoms with Crippen molar-refractivity contribution in [3.8, 4) is 5.75 Å². The summed E-state index contributed by atoms with van der Waals surface area (Å²) in [6.07, 6.45) is 2.39. The third kappa shape index (κ3) is 3.33. The minimum Gasteiger partial charge on any atom is -0.497 e. The molecule has 0 spiro atoms. The second kappa shape index (κ2) is 7.38. The summed E-state index contributed by atoms with van der Waals surface area (Å²) in [6, 6.07) is 14.5. The molecule has 1 aliphatic heterocycles. The van der Waals surface area contributed by atoms with E-state index < -0.39 is 12.1 Å². The van der Waals surface area contributed by atoms with Crippen LogP contribution in [-0.4, -0.2) is 40.9 Å². The summed E-state index contributed by atoms with van der Waals surface area (Å²) in [4.78, 5) is 30.6. The highest BCUT2D eigenvalue weighted by Gasteiger charge is 2.38. The molecule has 2 amide bonds. The van der Waals surface area contributed by atoms with Gasteiger partial charge in [-0.1, -0.05) is 30.3 Å². The van der Waals surface area contributed by atoms with Crippen molar-refractivity contribution in [1.29, 1.82) is 0 Å². The SMILES string of the molecule is COc1ccc(CN2C(=O)[C@H](C)NC(=O)[C@@H]2Cc2c[nH]c3ccccc23)cc1. The Morgan fingerprint density at radius 2 is 1.82 bits per heavy atom. The van der Waals surface area contributed by atoms with E-state index in [-0.39, 0.29) is 11.8 Å². The largest absolute Gasteiger partial charge is 0.497 e. The van der Waals surface area contributed by atoms with Gasteiger partial charge >= 0.3 is 0 Å². The third-order valence-electron chi connectivity index (χ3n) is 5.29. The third-order valence-corrected chi connectivity index (χ3v) is 5.29. The van der Waals surface area contributed by atoms with E-state index >= 15 is 0 Å². The molecule has 2 N–H and O–H groups in total. The zero-order valence-corrected chi connectivity index (χ0v) is 15.9. The molecule has 6 nitrogen and oxygen atoms in total. The summed E-state index contributed by atoms with van der Waals surface area (Å²) in [6.45, 7) is 2.11. The van der Waals surface area contributed by atoms with Crippen molar-refractivity contribution in [3.63, 3.8) is 0 Å². The van der Waals surface area contributed by atoms with Crippen LogP contribution in [0.25, 0.3) is 10.9 Å². The number of nitrogens with one attached hydrogen (secondary N) is 2. The van der Waals surface area contributed by atoms with Crippen molar-refractivity contribution < 1.29 is 14.3 Å². The van der Waals surface area contributed by atoms with Gasteiger partial charge in [0.2, 0.25) is 11.8 Å². The molecule has 0 aliphatic carbocycles. The van der Waals surface area contributed by atoms with Crippen LogP contribution in [0.4, 0.5) is 0 Å². The van der Waals surface area contributed by atoms with E-state index in [2.05, 4.69) is 10.3 Å². The van der Waals surface area contributed by atoms with Crippen molar-refractivity contribution in [2.24, 2.45) is 0 Å². The Balaban J connectivity index is 1.63. The van der Waals surface area contributed by atoms with Crippen molar-refractivity contribution >= 4 is 22.7 Å². The van der Waals surface area contributed by atoms with Crippen LogP contribution in [-0.2, 0) is 22.6 Å². The van der Waals surface area contributed by atoms with Gasteiger partial charge in [-0.05, 0) is 36.2 Å². The number of carbonyl (C=O) groups is 2. The number of rotatable bonds is 5. The van der Waals surface area contributed by atoms with Gasteiger partial charge in [0.25, 0.3) is 0 Å². The summed E-state index contributed by atoms with van der Waals surface area (Å²) in [7, 11) is 1.62. The maximum Gasteiger partial charge on any atom is 0.245 e. The lowest BCUT2D eigenvalue weighted by molar-refractivity contribution is -0.149. The summed E-state index contributed by atoms with van der Waals surface area (Å²) < 4.78 is 5.20. The van der Waals surface area contributed by atoms with Crippen LogP contribution in [0.2, 0.25) is 0 Å². The van der Waals surface area contributed by atoms with Gasteiger partial charge in [-0.15, -0.1) is 0 Å². The summed E-state index contributed by atoms with van der Waals surface area (Å²) in [5.74, 6) is 0.571. The fourth-order valence-electron chi connectivity index (χ4n) is 3.74. The topological polar surface area (TPSA) is 74.4 Å². The average Bonchev–Trinajstić information content (AvgIpc) is 3.12. The maximum atomic E-state index is 12.9. The number of amides is 2. The number of nitrogens with zero attached hydrogens (tertiary/aromatic N) is 1. The van der Waals surface area contributed by atoms with Crippen molar-refractivity contribution in [2.45, 2.75) is 32.0 Å². The highest BCUT2D eigenvalue weighted by molar-refractivity contribution is 5.97. The molecule has 1 saturated heterocycles. The fraction of sp³-hybridized carbons (Fsp3) is 0.273. The number of para-hydroxylation sites is 1. The summed E-state index contributed by atoms with van der Waals surface area (Å²) in [5.41, 5.74) is 3.01. The fourth-order valence-corrected chi connectivity index (χ4v) is 3.74. The average molecular weight is 377 g/mol. The van der Waals surface area contributed by atoms with Crippen molar-refractivity contribution in [3.05, 3.63) is 65.9 Å². The first-order valence-electron chi connectivity index (χ1n) is 9.35. The standard InChI is InChI=1S/C22H23N3O3/c1-14-22(27)25(13-15-7-9-17(28-2)10-8-15)20(21(26)24-14)11-16-12-23-19-6-4-3-5-18(16)19/h3-10,12,14,20,23H,11,13H2,1-2H3,(H,24,26)/t14-,20-/m0/s1. The van der Waals surface area contributed by atoms with Gasteiger partial charge in [-0.25, -0.2) is 0 Å². The Morgan fingerprint density at radius 1 is 1.07 bits per heavy atom. The molecule has 2 aromatic carbocycles. The number of aromatic nitrogens is 1. The number of benzene rings is 2. The van der Waals surface area contributed by atoms with Crippen molar-refractivity contribution in [2.75, 3.05) is 7.11 Å². The van der Waals surface area contributed by atoms with Gasteiger partial charge in [-0.3, -0.25) is 9.59 Å². The van der Waals surface area contributed by atoms with E-state index in [1.165, 1.54) is 0 Å². The Kier molecular flexibility index (Phi) is 4.77. The monoisotopic (exact) mass is 377 g/mol. The Hall–Kier alpha value is -3.28. The lowest BCUT2D eigenvalue weighted by atomic mass is 9.98. The normalized spacial score (nSPS) is 19.7. The minimum atomic E-state index is -0.551. The molecular formula is C22H23N3O3. The molecular weight excluding hydrogens is 354 g/mol. The van der Waals surface area contributed by atoms with Crippen LogP contribution in [0, 0.1) is 0 Å². The van der Waals surface area contributed by atoms with Gasteiger partial charge < -0.3 is 19.9 Å². The summed E-state index contributed by atoms with van der Waals surface area (Å²) in [5, 5.41) is 3.89. The first kappa shape index (κ1) is 18.1. The number of aromatic amines is 1. The Labute approximate surface area is 163 Å². The van der Waals surface area contributed by atoms with E-state index in [1.54, 1.807) is 18.9 Å². The molecule has 3 aromatic rings. The van der Waals surface area contributed by atoms with Gasteiger partial charge in [0.1, 0.15) is 17.8 Å². The molecule has 2 atom stereocenters. The quantitative estimate of drug-likeness (QED) is 0.718. The van der Waals surface area contributed by atoms with Crippen LogP contribution in [0.15, 0.2) is 54.7 Å². The molecule has 0 bridgehead atoms. The predicted octanol–water partition coefficient (Wildman–Crippen LogP) is 2.63. The first-order valence-corrected chi connectivity index (χ1v) is 9.35. The van der Waals surface area contributed by atoms with Gasteiger partial charge in [0, 0.05) is 30.1 Å². The zero-order valence-electron chi connectivity index (χ0n) is 15.9. The van der Waals surface area contributed by atoms with Crippen molar-refractivity contribution in [1.82, 2.24) is 15.2 Å². The van der Waals surface area contributed by atoms with Crippen LogP contribution in [0.1, 0.15) is 18.1 Å². The van der Waals surface area contributed by atoms with E-state index in [0.717, 1.165) is 27.8 Å². The van der Waals surface area contributed by atoms with E-state index in [4.69, 9.17) is 4.74 Å². The maximum absolute atomic E-state index is 12.9. The van der Waals surface area contributed by atoms with E-state index in [1.807, 2.05) is 54.7 Å². The van der Waals surface area contributed by atoms with Crippen LogP contribution in [0.5, 0.6) is 5.75 Å². The Morgan fingerprint density at radius 3 is 2.57 bits per heavy atom. The molecule has 4 rings (SSSR count). The highest BCUT2D eigenvalue weighted by Crippen LogP contribution is 2.24. The number of carbonyl (C=O) groups excluding carboxylic acids is 2. The lowest BCUT2D eigenvalue weighted by Gasteiger charge is -2.38. The van der Waals surface area contributed by atoms with Crippen LogP contribution >= 0.6 is 0 Å². The lowest BCUT2D eigenvalue weighted by Crippen LogP contribution is -2.62. The van der Waals surface area contributed by atoms with Gasteiger partial charge in [-0.2, -0.15) is 0 Å². The molecule has 0 unspecified atom stereocenters. The molecule has 144 valence electrons. The molecule has 1 aliphatic rings. The molecule has 28 heavy (non-hydrogen) atoms. The number of hydrogen-bond acceptors (Lipinski definition) is 3. The molecule has 1 fully saturated rings. The van der Waals surface area contributed by atoms with E-state index in [0.29, 0.717) is 13.0 Å². The number of methoxy groups -OCH3 is 1. The second-order valence-corrected chi connectivity index (χ2v) is 7.12. The number of hydrogen-bond donors (Lipinski definition) is 2. The smallest absolute Gasteiger partial charge is 0.245 e. The van der Waals surface area contributed by atoms with Gasteiger partial charge in [0.15, 0.2) is 0 Å². The summed E-state index contributed by atoms with van der Waals surface area (Å²) >= 11 is 0. The Bertz CT molecular complexity index is 1010. The number of piperazine rings is 1. The first-order chi connectivity index (χ1) is 13.6. The highest BCUT2D eigenvalue weighted by atomic mass is 16.5. The predicted molar refractivity (Wildman–Crippen MR) is 107 cm³/mol. The van der Waals surface area contributed by atoms with Crippen LogP contribution < -0.4 is 10.1 Å². The molecule has 1 aromatic heterocycles. The van der Waals surface area contributed by atoms with Crippen LogP contribution in [0.3, 0.4) is 0 Å². The zero-order chi connectivity index (χ0) is 19.7. The van der Waals surface area contributed by atoms with Gasteiger partial charge in [0.05, 0.1) is 7.11 Å². The molecule has 0 radical (unpaired) electrons. The second-order valence-electron chi connectivity index (χ2n) is 7.12. The molecule has 2 heterocycles. The number of fused-ring (bicyclic) bond motifs is 1.